The maximum absolute atomic E-state index is 14.4. The van der Waals surface area contributed by atoms with Gasteiger partial charge in [0, 0.05) is 31.2 Å². The van der Waals surface area contributed by atoms with Crippen molar-refractivity contribution in [2.45, 2.75) is 43.9 Å². The summed E-state index contributed by atoms with van der Waals surface area (Å²) >= 11 is 12.5. The number of rotatable bonds is 9. The zero-order chi connectivity index (χ0) is 31.7. The summed E-state index contributed by atoms with van der Waals surface area (Å²) < 4.78 is 68.9. The highest BCUT2D eigenvalue weighted by Crippen LogP contribution is 2.39. The number of carbonyl (C=O) groups excluding carboxylic acids is 1. The highest BCUT2D eigenvalue weighted by Gasteiger charge is 2.37. The van der Waals surface area contributed by atoms with Crippen LogP contribution in [0.4, 0.5) is 13.2 Å². The molecule has 1 aromatic heterocycles. The van der Waals surface area contributed by atoms with Crippen LogP contribution in [0.5, 0.6) is 0 Å². The number of carbonyl (C=O) groups is 1. The third-order valence-electron chi connectivity index (χ3n) is 7.39. The van der Waals surface area contributed by atoms with Gasteiger partial charge in [-0.25, -0.2) is 13.2 Å². The minimum absolute atomic E-state index is 0.0233. The number of halogens is 5. The number of H-pyrrole nitrogens is 1. The van der Waals surface area contributed by atoms with Gasteiger partial charge in [-0.3, -0.25) is 19.1 Å². The molecule has 0 spiro atoms. The largest absolute Gasteiger partial charge is 0.416 e. The topological polar surface area (TPSA) is 147 Å². The van der Waals surface area contributed by atoms with Crippen molar-refractivity contribution in [3.05, 3.63) is 71.8 Å². The number of hydrogen-bond donors (Lipinski definition) is 3. The Morgan fingerprint density at radius 3 is 2.56 bits per heavy atom. The molecule has 1 fully saturated rings. The zero-order valence-corrected chi connectivity index (χ0v) is 25.4. The van der Waals surface area contributed by atoms with Crippen LogP contribution in [-0.2, 0) is 33.9 Å². The van der Waals surface area contributed by atoms with Crippen molar-refractivity contribution in [2.75, 3.05) is 31.9 Å². The molecule has 0 bridgehead atoms. The number of nitrogens with two attached hydrogens (primary N) is 1. The lowest BCUT2D eigenvalue weighted by molar-refractivity contribution is -0.138. The van der Waals surface area contributed by atoms with Crippen LogP contribution in [0.3, 0.4) is 0 Å². The van der Waals surface area contributed by atoms with E-state index in [4.69, 9.17) is 28.9 Å². The van der Waals surface area contributed by atoms with E-state index in [0.29, 0.717) is 30.0 Å². The molecule has 4 rings (SSSR count). The van der Waals surface area contributed by atoms with Crippen LogP contribution in [0.2, 0.25) is 10.0 Å². The summed E-state index contributed by atoms with van der Waals surface area (Å²) in [4.78, 5) is 43.0. The lowest BCUT2D eigenvalue weighted by Crippen LogP contribution is -2.44. The van der Waals surface area contributed by atoms with Crippen LogP contribution in [0, 0.1) is 5.92 Å². The summed E-state index contributed by atoms with van der Waals surface area (Å²) in [6.07, 6.45) is -3.79. The van der Waals surface area contributed by atoms with Gasteiger partial charge in [-0.15, -0.1) is 0 Å². The summed E-state index contributed by atoms with van der Waals surface area (Å²) in [6, 6.07) is 4.51. The molecule has 3 aromatic rings. The smallest absolute Gasteiger partial charge is 0.355 e. The number of aromatic nitrogens is 2. The van der Waals surface area contributed by atoms with Gasteiger partial charge in [0.15, 0.2) is 9.84 Å². The number of nitrogens with zero attached hydrogens (tertiary/aromatic N) is 2. The summed E-state index contributed by atoms with van der Waals surface area (Å²) in [5.41, 5.74) is 1.58. The van der Waals surface area contributed by atoms with Gasteiger partial charge < -0.3 is 16.0 Å². The fraction of sp³-hybridized carbons (Fsp3) is 0.444. The van der Waals surface area contributed by atoms with E-state index < -0.39 is 55.7 Å². The third-order valence-corrected chi connectivity index (χ3v) is 9.87. The monoisotopic (exact) mass is 663 g/mol. The minimum Gasteiger partial charge on any atom is -0.355 e. The molecule has 234 valence electrons. The van der Waals surface area contributed by atoms with Gasteiger partial charge in [0.25, 0.3) is 5.56 Å². The highest BCUT2D eigenvalue weighted by molar-refractivity contribution is 7.91. The molecule has 4 N–H and O–H groups in total. The predicted octanol–water partition coefficient (Wildman–Crippen LogP) is 3.14. The van der Waals surface area contributed by atoms with Crippen LogP contribution < -0.4 is 22.3 Å². The summed E-state index contributed by atoms with van der Waals surface area (Å²) in [5, 5.41) is 1.89. The molecule has 0 radical (unpaired) electrons. The van der Waals surface area contributed by atoms with Crippen molar-refractivity contribution in [2.24, 2.45) is 11.7 Å². The van der Waals surface area contributed by atoms with Gasteiger partial charge >= 0.3 is 11.9 Å². The van der Waals surface area contributed by atoms with E-state index in [1.165, 1.54) is 25.1 Å². The number of aromatic amines is 1. The first kappa shape index (κ1) is 33.0. The Hall–Kier alpha value is -2.91. The van der Waals surface area contributed by atoms with E-state index >= 15 is 0 Å². The molecule has 16 heteroatoms. The highest BCUT2D eigenvalue weighted by atomic mass is 35.5. The molecule has 43 heavy (non-hydrogen) atoms. The predicted molar refractivity (Wildman–Crippen MR) is 157 cm³/mol. The van der Waals surface area contributed by atoms with E-state index in [1.54, 1.807) is 4.90 Å². The molecule has 1 atom stereocenters. The summed E-state index contributed by atoms with van der Waals surface area (Å²) in [6.45, 7) is 1.69. The molecule has 0 saturated carbocycles. The third kappa shape index (κ3) is 7.09. The minimum atomic E-state index is -4.91. The van der Waals surface area contributed by atoms with Crippen LogP contribution in [0.25, 0.3) is 10.9 Å². The average Bonchev–Trinajstić information content (AvgIpc) is 2.95. The van der Waals surface area contributed by atoms with Crippen molar-refractivity contribution >= 4 is 49.8 Å². The normalized spacial score (nSPS) is 16.5. The number of likely N-dealkylation sites (tertiary alicyclic amines) is 1. The van der Waals surface area contributed by atoms with Crippen LogP contribution in [0.1, 0.15) is 36.5 Å². The second-order valence-electron chi connectivity index (χ2n) is 10.3. The number of hydrogen-bond acceptors (Lipinski definition) is 7. The zero-order valence-electron chi connectivity index (χ0n) is 23.1. The average molecular weight is 665 g/mol. The van der Waals surface area contributed by atoms with Gasteiger partial charge in [-0.2, -0.15) is 13.2 Å². The quantitative estimate of drug-likeness (QED) is 0.319. The number of alkyl halides is 3. The standard InChI is InChI=1S/C27H30Cl2F3N5O5S/c1-2-43(41,42)21-6-5-17(28)10-16(21)13-37-25(39)18-11-20(27(30,31)32)19(22(29)23(18)35-26(37)40)14-36-9-3-4-15(12-36)24(38)34-8-7-33/h5-6,10-11,15H,2-4,7-9,12-14,33H2,1H3,(H,34,38)(H,35,40)/t15-/m1/s1. The van der Waals surface area contributed by atoms with E-state index in [0.717, 1.165) is 0 Å². The van der Waals surface area contributed by atoms with Crippen LogP contribution >= 0.6 is 23.2 Å². The number of amides is 1. The first-order valence-electron chi connectivity index (χ1n) is 13.4. The molecule has 1 aliphatic rings. The van der Waals surface area contributed by atoms with Gasteiger partial charge in [0.05, 0.1) is 44.6 Å². The van der Waals surface area contributed by atoms with Gasteiger partial charge in [-0.1, -0.05) is 30.1 Å². The van der Waals surface area contributed by atoms with Gasteiger partial charge in [0.1, 0.15) is 0 Å². The molecule has 0 aliphatic carbocycles. The molecule has 1 saturated heterocycles. The number of fused-ring (bicyclic) bond motifs is 1. The Labute approximate surface area is 254 Å². The van der Waals surface area contributed by atoms with Crippen molar-refractivity contribution in [3.8, 4) is 0 Å². The van der Waals surface area contributed by atoms with E-state index in [9.17, 15) is 36.0 Å². The summed E-state index contributed by atoms with van der Waals surface area (Å²) in [5.74, 6) is -0.960. The Balaban J connectivity index is 1.80. The molecule has 1 amide bonds. The second-order valence-corrected chi connectivity index (χ2v) is 13.3. The second kappa shape index (κ2) is 13.0. The molecule has 0 unspecified atom stereocenters. The van der Waals surface area contributed by atoms with Crippen LogP contribution in [0.15, 0.2) is 38.8 Å². The fourth-order valence-corrected chi connectivity index (χ4v) is 6.84. The lowest BCUT2D eigenvalue weighted by atomic mass is 9.95. The van der Waals surface area contributed by atoms with Crippen molar-refractivity contribution in [1.82, 2.24) is 19.8 Å². The fourth-order valence-electron chi connectivity index (χ4n) is 5.22. The first-order chi connectivity index (χ1) is 20.2. The first-order valence-corrected chi connectivity index (χ1v) is 15.9. The van der Waals surface area contributed by atoms with E-state index in [-0.39, 0.29) is 64.4 Å². The van der Waals surface area contributed by atoms with Gasteiger partial charge in [0.2, 0.25) is 5.91 Å². The maximum atomic E-state index is 14.4. The van der Waals surface area contributed by atoms with E-state index in [2.05, 4.69) is 10.3 Å². The Kier molecular flexibility index (Phi) is 9.96. The van der Waals surface area contributed by atoms with Crippen LogP contribution in [-0.4, -0.2) is 60.7 Å². The van der Waals surface area contributed by atoms with Gasteiger partial charge in [-0.05, 0) is 54.8 Å². The Morgan fingerprint density at radius 2 is 1.91 bits per heavy atom. The molecular formula is C27H30Cl2F3N5O5S. The van der Waals surface area contributed by atoms with Crippen molar-refractivity contribution in [1.29, 1.82) is 0 Å². The summed E-state index contributed by atoms with van der Waals surface area (Å²) in [7, 11) is -3.79. The molecule has 2 heterocycles. The molecule has 2 aromatic carbocycles. The number of piperidine rings is 1. The lowest BCUT2D eigenvalue weighted by Gasteiger charge is -2.33. The van der Waals surface area contributed by atoms with Crippen molar-refractivity contribution < 1.29 is 26.4 Å². The number of sulfone groups is 1. The molecule has 1 aliphatic heterocycles. The molecular weight excluding hydrogens is 634 g/mol. The maximum Gasteiger partial charge on any atom is 0.416 e. The Bertz CT molecular complexity index is 1780. The molecule has 10 nitrogen and oxygen atoms in total. The SMILES string of the molecule is CCS(=O)(=O)c1ccc(Cl)cc1Cn1c(=O)[nH]c2c(Cl)c(CN3CCC[C@@H](C(=O)NCCN)C3)c(C(F)(F)F)cc2c1=O. The number of nitrogens with one attached hydrogen (secondary N) is 2. The number of benzene rings is 2. The van der Waals surface area contributed by atoms with Crippen molar-refractivity contribution in [3.63, 3.8) is 0 Å². The Morgan fingerprint density at radius 1 is 1.19 bits per heavy atom. The van der Waals surface area contributed by atoms with E-state index in [1.807, 2.05) is 0 Å².